The van der Waals surface area contributed by atoms with Gasteiger partial charge >= 0.3 is 0 Å². The van der Waals surface area contributed by atoms with Crippen molar-refractivity contribution in [2.75, 3.05) is 20.1 Å². The van der Waals surface area contributed by atoms with Crippen molar-refractivity contribution in [1.29, 1.82) is 0 Å². The molecule has 0 amide bonds. The highest BCUT2D eigenvalue weighted by Crippen LogP contribution is 2.19. The van der Waals surface area contributed by atoms with Gasteiger partial charge in [-0.05, 0) is 38.1 Å². The summed E-state index contributed by atoms with van der Waals surface area (Å²) in [5.74, 6) is 1.13. The number of nitrogens with one attached hydrogen (secondary N) is 2. The molecule has 8 heteroatoms. The number of hydrogen-bond acceptors (Lipinski definition) is 4. The smallest absolute Gasteiger partial charge is 0.226 e. The van der Waals surface area contributed by atoms with Gasteiger partial charge in [0.25, 0.3) is 0 Å². The van der Waals surface area contributed by atoms with E-state index in [2.05, 4.69) is 20.6 Å². The zero-order chi connectivity index (χ0) is 21.3. The normalized spacial score (nSPS) is 12.1. The Morgan fingerprint density at radius 2 is 1.90 bits per heavy atom. The molecule has 0 aliphatic rings. The maximum atomic E-state index is 13.7. The number of ether oxygens (including phenoxy) is 1. The number of benzene rings is 2. The summed E-state index contributed by atoms with van der Waals surface area (Å²) in [6, 6.07) is 14.4. The minimum Gasteiger partial charge on any atom is -0.486 e. The third-order valence-corrected chi connectivity index (χ3v) is 4.47. The third-order valence-electron chi connectivity index (χ3n) is 4.47. The zero-order valence-corrected chi connectivity index (χ0v) is 20.2. The maximum Gasteiger partial charge on any atom is 0.226 e. The molecule has 6 nitrogen and oxygen atoms in total. The quantitative estimate of drug-likeness (QED) is 0.250. The molecule has 2 N–H and O–H groups in total. The number of para-hydroxylation sites is 1. The topological polar surface area (TPSA) is 71.7 Å². The lowest BCUT2D eigenvalue weighted by Gasteiger charge is -2.18. The molecule has 2 aromatic carbocycles. The summed E-state index contributed by atoms with van der Waals surface area (Å²) in [6.07, 6.45) is 2.14. The molecule has 3 aromatic rings. The van der Waals surface area contributed by atoms with Crippen LogP contribution in [-0.2, 0) is 6.42 Å². The Bertz CT molecular complexity index is 976. The van der Waals surface area contributed by atoms with Crippen molar-refractivity contribution >= 4 is 29.9 Å². The van der Waals surface area contributed by atoms with Crippen LogP contribution in [0.15, 0.2) is 64.2 Å². The van der Waals surface area contributed by atoms with E-state index in [9.17, 15) is 4.39 Å². The molecule has 3 rings (SSSR count). The Hall–Kier alpha value is -2.62. The van der Waals surface area contributed by atoms with Gasteiger partial charge in [0.15, 0.2) is 17.5 Å². The molecule has 0 spiro atoms. The Morgan fingerprint density at radius 3 is 2.61 bits per heavy atom. The summed E-state index contributed by atoms with van der Waals surface area (Å²) in [7, 11) is 1.70. The van der Waals surface area contributed by atoms with Gasteiger partial charge in [-0.3, -0.25) is 4.99 Å². The van der Waals surface area contributed by atoms with Gasteiger partial charge < -0.3 is 19.8 Å². The van der Waals surface area contributed by atoms with Crippen molar-refractivity contribution < 1.29 is 13.5 Å². The van der Waals surface area contributed by atoms with Gasteiger partial charge in [-0.2, -0.15) is 0 Å². The minimum atomic E-state index is -0.371. The Kier molecular flexibility index (Phi) is 9.77. The van der Waals surface area contributed by atoms with Gasteiger partial charge in [-0.1, -0.05) is 29.8 Å². The third kappa shape index (κ3) is 7.54. The van der Waals surface area contributed by atoms with E-state index in [1.165, 1.54) is 11.6 Å². The molecule has 1 heterocycles. The molecule has 1 aromatic heterocycles. The molecule has 31 heavy (non-hydrogen) atoms. The van der Waals surface area contributed by atoms with Crippen LogP contribution in [0.5, 0.6) is 5.75 Å². The Morgan fingerprint density at radius 1 is 1.16 bits per heavy atom. The van der Waals surface area contributed by atoms with E-state index in [0.29, 0.717) is 31.4 Å². The maximum absolute atomic E-state index is 13.7. The number of aromatic nitrogens is 1. The van der Waals surface area contributed by atoms with Crippen LogP contribution in [0.4, 0.5) is 4.39 Å². The molecular weight excluding hydrogens is 510 g/mol. The summed E-state index contributed by atoms with van der Waals surface area (Å²) in [6.45, 7) is 5.04. The van der Waals surface area contributed by atoms with Crippen LogP contribution >= 0.6 is 24.0 Å². The van der Waals surface area contributed by atoms with Gasteiger partial charge in [0.05, 0.1) is 12.2 Å². The first-order valence-electron chi connectivity index (χ1n) is 9.92. The summed E-state index contributed by atoms with van der Waals surface area (Å²) in [5, 5.41) is 6.41. The van der Waals surface area contributed by atoms with E-state index in [-0.39, 0.29) is 41.6 Å². The van der Waals surface area contributed by atoms with Gasteiger partial charge in [0, 0.05) is 25.6 Å². The van der Waals surface area contributed by atoms with Gasteiger partial charge in [0.2, 0.25) is 5.89 Å². The summed E-state index contributed by atoms with van der Waals surface area (Å²) >= 11 is 0. The first-order chi connectivity index (χ1) is 14.5. The van der Waals surface area contributed by atoms with Crippen molar-refractivity contribution in [3.8, 4) is 17.2 Å². The fourth-order valence-electron chi connectivity index (χ4n) is 2.82. The predicted molar refractivity (Wildman–Crippen MR) is 132 cm³/mol. The highest BCUT2D eigenvalue weighted by molar-refractivity contribution is 14.0. The molecule has 0 saturated heterocycles. The van der Waals surface area contributed by atoms with Crippen LogP contribution in [0.1, 0.15) is 18.2 Å². The molecule has 0 aliphatic carbocycles. The molecule has 0 bridgehead atoms. The highest BCUT2D eigenvalue weighted by Gasteiger charge is 2.10. The van der Waals surface area contributed by atoms with E-state index >= 15 is 0 Å². The largest absolute Gasteiger partial charge is 0.486 e. The lowest BCUT2D eigenvalue weighted by Crippen LogP contribution is -2.42. The molecule has 0 radical (unpaired) electrons. The molecule has 0 aliphatic heterocycles. The van der Waals surface area contributed by atoms with E-state index < -0.39 is 0 Å². The van der Waals surface area contributed by atoms with E-state index in [1.54, 1.807) is 31.5 Å². The van der Waals surface area contributed by atoms with Gasteiger partial charge in [-0.15, -0.1) is 24.0 Å². The van der Waals surface area contributed by atoms with E-state index in [0.717, 1.165) is 11.3 Å². The Balaban J connectivity index is 0.00000341. The lowest BCUT2D eigenvalue weighted by atomic mass is 10.1. The van der Waals surface area contributed by atoms with Gasteiger partial charge in [0.1, 0.15) is 12.4 Å². The number of aryl methyl sites for hydroxylation is 1. The second-order valence-corrected chi connectivity index (χ2v) is 7.00. The molecule has 1 atom stereocenters. The number of rotatable bonds is 8. The predicted octanol–water partition coefficient (Wildman–Crippen LogP) is 4.58. The van der Waals surface area contributed by atoms with Gasteiger partial charge in [-0.25, -0.2) is 9.37 Å². The summed E-state index contributed by atoms with van der Waals surface area (Å²) in [5.41, 5.74) is 3.02. The molecule has 166 valence electrons. The fourth-order valence-corrected chi connectivity index (χ4v) is 2.82. The average molecular weight is 538 g/mol. The van der Waals surface area contributed by atoms with Crippen LogP contribution in [0.25, 0.3) is 11.5 Å². The first-order valence-corrected chi connectivity index (χ1v) is 9.92. The standard InChI is InChI=1S/C23H27FN4O2.HI/c1-16-8-10-18(11-9-16)22-28-19(15-29-22)12-13-26-23(25-3)27-14-17(2)30-21-7-5-4-6-20(21)24;/h4-11,15,17H,12-14H2,1-3H3,(H2,25,26,27);1H. The van der Waals surface area contributed by atoms with Crippen molar-refractivity contribution in [1.82, 2.24) is 15.6 Å². The minimum absolute atomic E-state index is 0. The average Bonchev–Trinajstić information content (AvgIpc) is 3.21. The number of guanidine groups is 1. The molecule has 0 saturated carbocycles. The Labute approximate surface area is 199 Å². The van der Waals surface area contributed by atoms with Crippen LogP contribution in [-0.4, -0.2) is 37.2 Å². The van der Waals surface area contributed by atoms with Crippen LogP contribution < -0.4 is 15.4 Å². The van der Waals surface area contributed by atoms with Crippen molar-refractivity contribution in [2.24, 2.45) is 4.99 Å². The highest BCUT2D eigenvalue weighted by atomic mass is 127. The molecule has 1 unspecified atom stereocenters. The van der Waals surface area contributed by atoms with E-state index in [1.807, 2.05) is 38.1 Å². The number of hydrogen-bond donors (Lipinski definition) is 2. The van der Waals surface area contributed by atoms with Crippen molar-refractivity contribution in [3.05, 3.63) is 71.9 Å². The second-order valence-electron chi connectivity index (χ2n) is 7.00. The summed E-state index contributed by atoms with van der Waals surface area (Å²) in [4.78, 5) is 8.74. The zero-order valence-electron chi connectivity index (χ0n) is 17.9. The van der Waals surface area contributed by atoms with Crippen molar-refractivity contribution in [3.63, 3.8) is 0 Å². The SMILES string of the molecule is CN=C(NCCc1coc(-c2ccc(C)cc2)n1)NCC(C)Oc1ccccc1F.I. The molecular formula is C23H28FIN4O2. The fraction of sp³-hybridized carbons (Fsp3) is 0.304. The summed E-state index contributed by atoms with van der Waals surface area (Å²) < 4.78 is 24.9. The lowest BCUT2D eigenvalue weighted by molar-refractivity contribution is 0.214. The van der Waals surface area contributed by atoms with Crippen molar-refractivity contribution in [2.45, 2.75) is 26.4 Å². The monoisotopic (exact) mass is 538 g/mol. The number of halogens is 2. The second kappa shape index (κ2) is 12.3. The molecule has 0 fully saturated rings. The number of oxazole rings is 1. The number of nitrogens with zero attached hydrogens (tertiary/aromatic N) is 2. The van der Waals surface area contributed by atoms with Crippen LogP contribution in [0, 0.1) is 12.7 Å². The first kappa shape index (κ1) is 24.6. The van der Waals surface area contributed by atoms with Crippen LogP contribution in [0.2, 0.25) is 0 Å². The van der Waals surface area contributed by atoms with E-state index in [4.69, 9.17) is 9.15 Å². The van der Waals surface area contributed by atoms with Crippen LogP contribution in [0.3, 0.4) is 0 Å². The number of aliphatic imine (C=N–C) groups is 1.